The van der Waals surface area contributed by atoms with Crippen LogP contribution in [0.5, 0.6) is 0 Å². The highest BCUT2D eigenvalue weighted by Crippen LogP contribution is 2.23. The van der Waals surface area contributed by atoms with Crippen LogP contribution < -0.4 is 0 Å². The SMILES string of the molecule is C=Cc1nc(-c2cscc2C)no1. The zero-order valence-electron chi connectivity index (χ0n) is 7.15. The quantitative estimate of drug-likeness (QED) is 0.734. The molecule has 4 heteroatoms. The summed E-state index contributed by atoms with van der Waals surface area (Å²) >= 11 is 1.63. The van der Waals surface area contributed by atoms with Crippen molar-refractivity contribution in [3.63, 3.8) is 0 Å². The molecule has 0 amide bonds. The highest BCUT2D eigenvalue weighted by molar-refractivity contribution is 7.08. The van der Waals surface area contributed by atoms with Gasteiger partial charge in [-0.25, -0.2) is 0 Å². The highest BCUT2D eigenvalue weighted by atomic mass is 32.1. The number of aryl methyl sites for hydroxylation is 1. The molecule has 3 nitrogen and oxygen atoms in total. The van der Waals surface area contributed by atoms with E-state index in [0.717, 1.165) is 5.56 Å². The molecule has 0 saturated heterocycles. The summed E-state index contributed by atoms with van der Waals surface area (Å²) in [5.74, 6) is 1.09. The van der Waals surface area contributed by atoms with Gasteiger partial charge in [-0.15, -0.1) is 0 Å². The van der Waals surface area contributed by atoms with E-state index >= 15 is 0 Å². The summed E-state index contributed by atoms with van der Waals surface area (Å²) in [6.07, 6.45) is 1.54. The molecular weight excluding hydrogens is 184 g/mol. The van der Waals surface area contributed by atoms with Gasteiger partial charge in [0, 0.05) is 10.9 Å². The molecule has 2 heterocycles. The fraction of sp³-hybridized carbons (Fsp3) is 0.111. The second-order valence-electron chi connectivity index (χ2n) is 2.63. The molecule has 0 bridgehead atoms. The molecule has 0 aliphatic carbocycles. The number of hydrogen-bond donors (Lipinski definition) is 0. The monoisotopic (exact) mass is 192 g/mol. The van der Waals surface area contributed by atoms with E-state index in [2.05, 4.69) is 22.1 Å². The average Bonchev–Trinajstić information content (AvgIpc) is 2.71. The Labute approximate surface area is 79.7 Å². The molecule has 0 radical (unpaired) electrons. The second kappa shape index (κ2) is 3.14. The van der Waals surface area contributed by atoms with E-state index in [1.165, 1.54) is 11.6 Å². The van der Waals surface area contributed by atoms with Gasteiger partial charge >= 0.3 is 0 Å². The van der Waals surface area contributed by atoms with Crippen molar-refractivity contribution >= 4 is 17.4 Å². The van der Waals surface area contributed by atoms with Crippen LogP contribution in [0.15, 0.2) is 21.9 Å². The van der Waals surface area contributed by atoms with Crippen LogP contribution >= 0.6 is 11.3 Å². The van der Waals surface area contributed by atoms with Crippen molar-refractivity contribution in [1.29, 1.82) is 0 Å². The lowest BCUT2D eigenvalue weighted by molar-refractivity contribution is 0.411. The molecule has 66 valence electrons. The van der Waals surface area contributed by atoms with Gasteiger partial charge in [0.15, 0.2) is 0 Å². The standard InChI is InChI=1S/C9H8N2OS/c1-3-8-10-9(11-12-8)7-5-13-4-6(7)2/h3-5H,1H2,2H3. The van der Waals surface area contributed by atoms with Gasteiger partial charge in [-0.1, -0.05) is 11.7 Å². The van der Waals surface area contributed by atoms with E-state index in [1.54, 1.807) is 11.3 Å². The third-order valence-corrected chi connectivity index (χ3v) is 2.57. The van der Waals surface area contributed by atoms with Gasteiger partial charge < -0.3 is 4.52 Å². The Morgan fingerprint density at radius 3 is 2.92 bits per heavy atom. The minimum absolute atomic E-state index is 0.459. The summed E-state index contributed by atoms with van der Waals surface area (Å²) in [6, 6.07) is 0. The molecule has 0 N–H and O–H groups in total. The summed E-state index contributed by atoms with van der Waals surface area (Å²) in [4.78, 5) is 4.14. The Balaban J connectivity index is 2.46. The van der Waals surface area contributed by atoms with Crippen LogP contribution in [-0.2, 0) is 0 Å². The zero-order valence-corrected chi connectivity index (χ0v) is 7.97. The van der Waals surface area contributed by atoms with Crippen molar-refractivity contribution < 1.29 is 4.52 Å². The molecule has 0 aliphatic rings. The van der Waals surface area contributed by atoms with Crippen LogP contribution in [0, 0.1) is 6.92 Å². The molecule has 2 rings (SSSR count). The summed E-state index contributed by atoms with van der Waals surface area (Å²) in [7, 11) is 0. The van der Waals surface area contributed by atoms with Crippen LogP contribution in [0.4, 0.5) is 0 Å². The van der Waals surface area contributed by atoms with Gasteiger partial charge in [0.1, 0.15) is 0 Å². The van der Waals surface area contributed by atoms with Gasteiger partial charge in [-0.3, -0.25) is 0 Å². The first-order valence-corrected chi connectivity index (χ1v) is 4.75. The Hall–Kier alpha value is -1.42. The minimum atomic E-state index is 0.459. The van der Waals surface area contributed by atoms with Crippen LogP contribution in [0.25, 0.3) is 17.5 Å². The van der Waals surface area contributed by atoms with Gasteiger partial charge in [-0.2, -0.15) is 16.3 Å². The van der Waals surface area contributed by atoms with Crippen LogP contribution in [0.1, 0.15) is 11.5 Å². The van der Waals surface area contributed by atoms with Crippen LogP contribution in [0.3, 0.4) is 0 Å². The van der Waals surface area contributed by atoms with Crippen molar-refractivity contribution in [1.82, 2.24) is 10.1 Å². The number of rotatable bonds is 2. The first kappa shape index (κ1) is 8.19. The smallest absolute Gasteiger partial charge is 0.250 e. The van der Waals surface area contributed by atoms with Crippen molar-refractivity contribution in [3.05, 3.63) is 28.8 Å². The van der Waals surface area contributed by atoms with E-state index in [1.807, 2.05) is 12.3 Å². The Kier molecular flexibility index (Phi) is 1.98. The lowest BCUT2D eigenvalue weighted by Crippen LogP contribution is -1.79. The van der Waals surface area contributed by atoms with Crippen LogP contribution in [-0.4, -0.2) is 10.1 Å². The summed E-state index contributed by atoms with van der Waals surface area (Å²) in [5.41, 5.74) is 2.20. The van der Waals surface area contributed by atoms with Crippen molar-refractivity contribution in [2.45, 2.75) is 6.92 Å². The maximum absolute atomic E-state index is 4.92. The third kappa shape index (κ3) is 1.40. The number of aromatic nitrogens is 2. The van der Waals surface area contributed by atoms with Crippen LogP contribution in [0.2, 0.25) is 0 Å². The van der Waals surface area contributed by atoms with E-state index in [9.17, 15) is 0 Å². The van der Waals surface area contributed by atoms with Gasteiger partial charge in [0.05, 0.1) is 0 Å². The average molecular weight is 192 g/mol. The Bertz CT molecular complexity index is 430. The molecule has 0 spiro atoms. The molecule has 0 aromatic carbocycles. The maximum atomic E-state index is 4.92. The zero-order chi connectivity index (χ0) is 9.26. The first-order valence-electron chi connectivity index (χ1n) is 3.80. The van der Waals surface area contributed by atoms with E-state index < -0.39 is 0 Å². The largest absolute Gasteiger partial charge is 0.334 e. The molecule has 13 heavy (non-hydrogen) atoms. The van der Waals surface area contributed by atoms with Crippen molar-refractivity contribution in [2.24, 2.45) is 0 Å². The fourth-order valence-electron chi connectivity index (χ4n) is 1.02. The molecule has 0 fully saturated rings. The molecule has 0 atom stereocenters. The summed E-state index contributed by atoms with van der Waals surface area (Å²) in [5, 5.41) is 7.90. The normalized spacial score (nSPS) is 10.2. The summed E-state index contributed by atoms with van der Waals surface area (Å²) < 4.78 is 4.92. The fourth-order valence-corrected chi connectivity index (χ4v) is 1.84. The minimum Gasteiger partial charge on any atom is -0.334 e. The molecule has 0 saturated carbocycles. The summed E-state index contributed by atoms with van der Waals surface area (Å²) in [6.45, 7) is 5.58. The lowest BCUT2D eigenvalue weighted by atomic mass is 10.2. The Morgan fingerprint density at radius 1 is 1.54 bits per heavy atom. The van der Waals surface area contributed by atoms with Gasteiger partial charge in [-0.05, 0) is 23.9 Å². The molecular formula is C9H8N2OS. The molecule has 0 aliphatic heterocycles. The van der Waals surface area contributed by atoms with E-state index in [-0.39, 0.29) is 0 Å². The number of thiophene rings is 1. The van der Waals surface area contributed by atoms with Crippen molar-refractivity contribution in [2.75, 3.05) is 0 Å². The lowest BCUT2D eigenvalue weighted by Gasteiger charge is -1.88. The van der Waals surface area contributed by atoms with Crippen molar-refractivity contribution in [3.8, 4) is 11.4 Å². The van der Waals surface area contributed by atoms with E-state index in [0.29, 0.717) is 11.7 Å². The second-order valence-corrected chi connectivity index (χ2v) is 3.37. The number of hydrogen-bond acceptors (Lipinski definition) is 4. The highest BCUT2D eigenvalue weighted by Gasteiger charge is 2.09. The molecule has 0 unspecified atom stereocenters. The predicted molar refractivity (Wildman–Crippen MR) is 52.4 cm³/mol. The molecule has 2 aromatic rings. The maximum Gasteiger partial charge on any atom is 0.250 e. The number of nitrogens with zero attached hydrogens (tertiary/aromatic N) is 2. The van der Waals surface area contributed by atoms with Gasteiger partial charge in [0.2, 0.25) is 11.7 Å². The first-order chi connectivity index (χ1) is 6.31. The van der Waals surface area contributed by atoms with E-state index in [4.69, 9.17) is 4.52 Å². The Morgan fingerprint density at radius 2 is 2.38 bits per heavy atom. The molecule has 2 aromatic heterocycles. The third-order valence-electron chi connectivity index (χ3n) is 1.71. The predicted octanol–water partition coefficient (Wildman–Crippen LogP) is 2.75. The topological polar surface area (TPSA) is 38.9 Å². The van der Waals surface area contributed by atoms with Gasteiger partial charge in [0.25, 0.3) is 0 Å².